The average Bonchev–Trinajstić information content (AvgIpc) is 2.88. The third kappa shape index (κ3) is 6.39. The molecule has 0 saturated carbocycles. The summed E-state index contributed by atoms with van der Waals surface area (Å²) < 4.78 is 0. The van der Waals surface area contributed by atoms with E-state index >= 15 is 0 Å². The molecule has 0 saturated heterocycles. The van der Waals surface area contributed by atoms with Crippen LogP contribution in [0, 0.1) is 0 Å². The zero-order valence-corrected chi connectivity index (χ0v) is 20.1. The number of hydrogen-bond acceptors (Lipinski definition) is 3. The Morgan fingerprint density at radius 3 is 2.17 bits per heavy atom. The fourth-order valence-corrected chi connectivity index (χ4v) is 3.95. The van der Waals surface area contributed by atoms with Crippen LogP contribution in [0.3, 0.4) is 0 Å². The van der Waals surface area contributed by atoms with E-state index in [0.717, 1.165) is 39.1 Å². The second-order valence-corrected chi connectivity index (χ2v) is 8.68. The molecule has 2 N–H and O–H groups in total. The number of amides is 1. The Labute approximate surface area is 207 Å². The highest BCUT2D eigenvalue weighted by atomic mass is 16.3. The van der Waals surface area contributed by atoms with Gasteiger partial charge in [0.1, 0.15) is 5.75 Å². The summed E-state index contributed by atoms with van der Waals surface area (Å²) in [5.41, 5.74) is 7.46. The maximum absolute atomic E-state index is 12.7. The van der Waals surface area contributed by atoms with Crippen LogP contribution >= 0.6 is 0 Å². The maximum atomic E-state index is 12.7. The molecular formula is C31H30N2O2. The SMILES string of the molecule is CN(C)c1ccc(CC(=O)NCc2ccccc2-c2ccccc2/C=C/c2ccc(O)cc2)cc1. The largest absolute Gasteiger partial charge is 0.508 e. The average molecular weight is 463 g/mol. The van der Waals surface area contributed by atoms with E-state index < -0.39 is 0 Å². The van der Waals surface area contributed by atoms with Gasteiger partial charge in [-0.15, -0.1) is 0 Å². The lowest BCUT2D eigenvalue weighted by Crippen LogP contribution is -2.24. The van der Waals surface area contributed by atoms with Gasteiger partial charge in [-0.1, -0.05) is 84.9 Å². The molecule has 0 aliphatic carbocycles. The Hall–Kier alpha value is -4.31. The minimum atomic E-state index is -0.00193. The molecule has 0 bridgehead atoms. The van der Waals surface area contributed by atoms with Crippen molar-refractivity contribution in [2.24, 2.45) is 0 Å². The van der Waals surface area contributed by atoms with Crippen molar-refractivity contribution in [2.45, 2.75) is 13.0 Å². The van der Waals surface area contributed by atoms with Crippen LogP contribution in [0.2, 0.25) is 0 Å². The first-order chi connectivity index (χ1) is 17.0. The van der Waals surface area contributed by atoms with Crippen LogP contribution in [0.1, 0.15) is 22.3 Å². The highest BCUT2D eigenvalue weighted by molar-refractivity contribution is 5.83. The third-order valence-corrected chi connectivity index (χ3v) is 5.91. The zero-order valence-electron chi connectivity index (χ0n) is 20.1. The Morgan fingerprint density at radius 2 is 1.46 bits per heavy atom. The van der Waals surface area contributed by atoms with Gasteiger partial charge in [-0.2, -0.15) is 0 Å². The normalized spacial score (nSPS) is 10.9. The van der Waals surface area contributed by atoms with Gasteiger partial charge in [0.15, 0.2) is 0 Å². The number of nitrogens with zero attached hydrogens (tertiary/aromatic N) is 1. The van der Waals surface area contributed by atoms with E-state index in [1.54, 1.807) is 12.1 Å². The molecule has 4 heteroatoms. The highest BCUT2D eigenvalue weighted by Gasteiger charge is 2.10. The van der Waals surface area contributed by atoms with Crippen molar-refractivity contribution in [2.75, 3.05) is 19.0 Å². The van der Waals surface area contributed by atoms with E-state index in [1.165, 1.54) is 0 Å². The van der Waals surface area contributed by atoms with Gasteiger partial charge < -0.3 is 15.3 Å². The van der Waals surface area contributed by atoms with Gasteiger partial charge in [-0.05, 0) is 57.6 Å². The summed E-state index contributed by atoms with van der Waals surface area (Å²) in [4.78, 5) is 14.7. The molecule has 1 amide bonds. The first-order valence-corrected chi connectivity index (χ1v) is 11.7. The number of carbonyl (C=O) groups is 1. The number of aromatic hydroxyl groups is 1. The minimum Gasteiger partial charge on any atom is -0.508 e. The molecule has 0 spiro atoms. The van der Waals surface area contributed by atoms with Gasteiger partial charge >= 0.3 is 0 Å². The molecule has 0 radical (unpaired) electrons. The molecule has 4 nitrogen and oxygen atoms in total. The summed E-state index contributed by atoms with van der Waals surface area (Å²) in [5.74, 6) is 0.252. The van der Waals surface area contributed by atoms with E-state index in [9.17, 15) is 9.90 Å². The molecule has 4 aromatic carbocycles. The van der Waals surface area contributed by atoms with Crippen molar-refractivity contribution in [1.29, 1.82) is 0 Å². The summed E-state index contributed by atoms with van der Waals surface area (Å²) in [5, 5.41) is 12.6. The fourth-order valence-electron chi connectivity index (χ4n) is 3.95. The molecule has 0 aromatic heterocycles. The van der Waals surface area contributed by atoms with Crippen molar-refractivity contribution in [3.8, 4) is 16.9 Å². The third-order valence-electron chi connectivity index (χ3n) is 5.91. The van der Waals surface area contributed by atoms with E-state index in [-0.39, 0.29) is 11.7 Å². The standard InChI is InChI=1S/C31H30N2O2/c1-33(2)27-17-12-24(13-18-27)21-31(35)32-22-26-8-4-6-10-30(26)29-9-5-3-7-25(29)16-11-23-14-19-28(34)20-15-23/h3-20,34H,21-22H2,1-2H3,(H,32,35)/b16-11+. The second kappa shape index (κ2) is 11.2. The molecule has 0 fully saturated rings. The van der Waals surface area contributed by atoms with Crippen LogP contribution in [-0.2, 0) is 17.8 Å². The number of phenols is 1. The second-order valence-electron chi connectivity index (χ2n) is 8.68. The van der Waals surface area contributed by atoms with Crippen molar-refractivity contribution in [3.05, 3.63) is 119 Å². The lowest BCUT2D eigenvalue weighted by Gasteiger charge is -2.14. The van der Waals surface area contributed by atoms with Crippen LogP contribution in [0.25, 0.3) is 23.3 Å². The predicted molar refractivity (Wildman–Crippen MR) is 145 cm³/mol. The number of hydrogen-bond donors (Lipinski definition) is 2. The molecule has 0 aliphatic heterocycles. The van der Waals surface area contributed by atoms with Crippen LogP contribution in [0.15, 0.2) is 97.1 Å². The van der Waals surface area contributed by atoms with E-state index in [4.69, 9.17) is 0 Å². The van der Waals surface area contributed by atoms with E-state index in [0.29, 0.717) is 13.0 Å². The number of carbonyl (C=O) groups excluding carboxylic acids is 1. The quantitative estimate of drug-likeness (QED) is 0.309. The van der Waals surface area contributed by atoms with Crippen LogP contribution < -0.4 is 10.2 Å². The zero-order chi connectivity index (χ0) is 24.6. The van der Waals surface area contributed by atoms with Crippen molar-refractivity contribution >= 4 is 23.7 Å². The summed E-state index contributed by atoms with van der Waals surface area (Å²) in [6.45, 7) is 0.459. The highest BCUT2D eigenvalue weighted by Crippen LogP contribution is 2.29. The molecule has 0 heterocycles. The predicted octanol–water partition coefficient (Wildman–Crippen LogP) is 6.15. The first kappa shape index (κ1) is 23.8. The minimum absolute atomic E-state index is 0.00193. The van der Waals surface area contributed by atoms with E-state index in [2.05, 4.69) is 35.7 Å². The molecule has 0 aliphatic rings. The van der Waals surface area contributed by atoms with Crippen molar-refractivity contribution < 1.29 is 9.90 Å². The van der Waals surface area contributed by atoms with Gasteiger partial charge in [0, 0.05) is 26.3 Å². The molecule has 0 atom stereocenters. The Kier molecular flexibility index (Phi) is 7.63. The van der Waals surface area contributed by atoms with Crippen LogP contribution in [0.5, 0.6) is 5.75 Å². The van der Waals surface area contributed by atoms with E-state index in [1.807, 2.05) is 85.7 Å². The summed E-state index contributed by atoms with van der Waals surface area (Å²) in [6, 6.07) is 31.6. The summed E-state index contributed by atoms with van der Waals surface area (Å²) in [7, 11) is 4.00. The summed E-state index contributed by atoms with van der Waals surface area (Å²) >= 11 is 0. The van der Waals surface area contributed by atoms with Gasteiger partial charge in [0.25, 0.3) is 0 Å². The molecule has 0 unspecified atom stereocenters. The van der Waals surface area contributed by atoms with Crippen molar-refractivity contribution in [1.82, 2.24) is 5.32 Å². The van der Waals surface area contributed by atoms with Crippen molar-refractivity contribution in [3.63, 3.8) is 0 Å². The molecular weight excluding hydrogens is 432 g/mol. The number of anilines is 1. The Bertz CT molecular complexity index is 1310. The monoisotopic (exact) mass is 462 g/mol. The lowest BCUT2D eigenvalue weighted by molar-refractivity contribution is -0.120. The first-order valence-electron chi connectivity index (χ1n) is 11.7. The maximum Gasteiger partial charge on any atom is 0.224 e. The Balaban J connectivity index is 1.48. The fraction of sp³-hybridized carbons (Fsp3) is 0.129. The summed E-state index contributed by atoms with van der Waals surface area (Å²) in [6.07, 6.45) is 4.46. The van der Waals surface area contributed by atoms with Crippen LogP contribution in [0.4, 0.5) is 5.69 Å². The number of benzene rings is 4. The molecule has 176 valence electrons. The van der Waals surface area contributed by atoms with Crippen LogP contribution in [-0.4, -0.2) is 25.1 Å². The van der Waals surface area contributed by atoms with Gasteiger partial charge in [-0.3, -0.25) is 4.79 Å². The topological polar surface area (TPSA) is 52.6 Å². The van der Waals surface area contributed by atoms with Gasteiger partial charge in [-0.25, -0.2) is 0 Å². The molecule has 35 heavy (non-hydrogen) atoms. The number of phenolic OH excluding ortho intramolecular Hbond substituents is 1. The lowest BCUT2D eigenvalue weighted by atomic mass is 9.94. The number of rotatable bonds is 8. The number of nitrogens with one attached hydrogen (secondary N) is 1. The smallest absolute Gasteiger partial charge is 0.224 e. The molecule has 4 rings (SSSR count). The Morgan fingerprint density at radius 1 is 0.800 bits per heavy atom. The molecule has 4 aromatic rings. The van der Waals surface area contributed by atoms with Gasteiger partial charge in [0.2, 0.25) is 5.91 Å². The van der Waals surface area contributed by atoms with Gasteiger partial charge in [0.05, 0.1) is 6.42 Å².